The smallest absolute Gasteiger partial charge is 0.104 e. The number of hydrogen-bond donors (Lipinski definition) is 1. The highest BCUT2D eigenvalue weighted by molar-refractivity contribution is 7.99. The molecule has 1 aliphatic rings. The predicted molar refractivity (Wildman–Crippen MR) is 59.5 cm³/mol. The van der Waals surface area contributed by atoms with Crippen molar-refractivity contribution in [2.45, 2.75) is 44.0 Å². The number of hydrogen-bond acceptors (Lipinski definition) is 3. The summed E-state index contributed by atoms with van der Waals surface area (Å²) in [5, 5.41) is 9.46. The Bertz CT molecular complexity index is 150. The highest BCUT2D eigenvalue weighted by Gasteiger charge is 2.02. The Morgan fingerprint density at radius 1 is 1.15 bits per heavy atom. The lowest BCUT2D eigenvalue weighted by Gasteiger charge is -2.08. The van der Waals surface area contributed by atoms with Gasteiger partial charge in [0.25, 0.3) is 0 Å². The SMILES string of the molecule is OC1C/C=N\CCCCCCCS1. The zero-order chi connectivity index (χ0) is 9.36. The summed E-state index contributed by atoms with van der Waals surface area (Å²) < 4.78 is 0. The second-order valence-electron chi connectivity index (χ2n) is 3.42. The minimum absolute atomic E-state index is 0.233. The van der Waals surface area contributed by atoms with Crippen LogP contribution in [0.1, 0.15) is 38.5 Å². The van der Waals surface area contributed by atoms with E-state index in [0.717, 1.165) is 12.3 Å². The molecule has 0 saturated carbocycles. The first-order valence-corrected chi connectivity index (χ1v) is 6.22. The second-order valence-corrected chi connectivity index (χ2v) is 4.70. The lowest BCUT2D eigenvalue weighted by molar-refractivity contribution is 0.273. The van der Waals surface area contributed by atoms with Gasteiger partial charge in [-0.3, -0.25) is 4.99 Å². The monoisotopic (exact) mass is 201 g/mol. The van der Waals surface area contributed by atoms with E-state index in [1.807, 2.05) is 6.21 Å². The van der Waals surface area contributed by atoms with Gasteiger partial charge in [0, 0.05) is 19.2 Å². The molecule has 13 heavy (non-hydrogen) atoms. The van der Waals surface area contributed by atoms with Crippen molar-refractivity contribution in [2.24, 2.45) is 4.99 Å². The maximum atomic E-state index is 9.46. The molecular weight excluding hydrogens is 182 g/mol. The molecular formula is C10H19NOS. The summed E-state index contributed by atoms with van der Waals surface area (Å²) in [6, 6.07) is 0. The Hall–Kier alpha value is -0.0200. The third kappa shape index (κ3) is 6.11. The largest absolute Gasteiger partial charge is 0.382 e. The molecule has 0 fully saturated rings. The van der Waals surface area contributed by atoms with Crippen LogP contribution in [-0.2, 0) is 0 Å². The van der Waals surface area contributed by atoms with Crippen molar-refractivity contribution in [1.29, 1.82) is 0 Å². The van der Waals surface area contributed by atoms with E-state index in [-0.39, 0.29) is 5.44 Å². The number of aliphatic hydroxyl groups is 1. The Labute approximate surface area is 84.8 Å². The molecule has 0 spiro atoms. The first-order valence-electron chi connectivity index (χ1n) is 5.17. The molecule has 0 aromatic rings. The maximum Gasteiger partial charge on any atom is 0.104 e. The molecule has 1 heterocycles. The average Bonchev–Trinajstić information content (AvgIpc) is 2.11. The van der Waals surface area contributed by atoms with Gasteiger partial charge < -0.3 is 5.11 Å². The molecule has 1 N–H and O–H groups in total. The molecule has 1 aliphatic heterocycles. The lowest BCUT2D eigenvalue weighted by atomic mass is 10.1. The Kier molecular flexibility index (Phi) is 6.29. The molecule has 0 amide bonds. The van der Waals surface area contributed by atoms with Crippen molar-refractivity contribution in [3.8, 4) is 0 Å². The van der Waals surface area contributed by atoms with Crippen LogP contribution in [-0.4, -0.2) is 29.1 Å². The van der Waals surface area contributed by atoms with E-state index in [9.17, 15) is 5.11 Å². The van der Waals surface area contributed by atoms with E-state index < -0.39 is 0 Å². The average molecular weight is 201 g/mol. The molecule has 76 valence electrons. The van der Waals surface area contributed by atoms with Crippen molar-refractivity contribution in [2.75, 3.05) is 12.3 Å². The molecule has 0 aliphatic carbocycles. The normalized spacial score (nSPS) is 30.1. The van der Waals surface area contributed by atoms with Crippen LogP contribution in [0, 0.1) is 0 Å². The van der Waals surface area contributed by atoms with E-state index >= 15 is 0 Å². The van der Waals surface area contributed by atoms with Gasteiger partial charge in [0.2, 0.25) is 0 Å². The van der Waals surface area contributed by atoms with Gasteiger partial charge in [0.05, 0.1) is 0 Å². The number of thioether (sulfide) groups is 1. The van der Waals surface area contributed by atoms with Crippen molar-refractivity contribution in [3.63, 3.8) is 0 Å². The van der Waals surface area contributed by atoms with E-state index in [4.69, 9.17) is 0 Å². The molecule has 1 unspecified atom stereocenters. The second kappa shape index (κ2) is 7.39. The quantitative estimate of drug-likeness (QED) is 0.653. The van der Waals surface area contributed by atoms with Gasteiger partial charge in [-0.1, -0.05) is 19.3 Å². The summed E-state index contributed by atoms with van der Waals surface area (Å²) in [5.41, 5.74) is -0.233. The van der Waals surface area contributed by atoms with Crippen molar-refractivity contribution < 1.29 is 5.11 Å². The molecule has 0 saturated heterocycles. The van der Waals surface area contributed by atoms with Crippen LogP contribution in [0.15, 0.2) is 4.99 Å². The lowest BCUT2D eigenvalue weighted by Crippen LogP contribution is -2.03. The van der Waals surface area contributed by atoms with Gasteiger partial charge >= 0.3 is 0 Å². The van der Waals surface area contributed by atoms with Crippen LogP contribution < -0.4 is 0 Å². The van der Waals surface area contributed by atoms with Gasteiger partial charge in [-0.2, -0.15) is 0 Å². The van der Waals surface area contributed by atoms with Gasteiger partial charge in [-0.15, -0.1) is 11.8 Å². The predicted octanol–water partition coefficient (Wildman–Crippen LogP) is 2.46. The van der Waals surface area contributed by atoms with Crippen molar-refractivity contribution in [1.82, 2.24) is 0 Å². The summed E-state index contributed by atoms with van der Waals surface area (Å²) in [6.07, 6.45) is 8.99. The Morgan fingerprint density at radius 3 is 2.85 bits per heavy atom. The first kappa shape index (κ1) is 11.1. The molecule has 3 heteroatoms. The zero-order valence-electron chi connectivity index (χ0n) is 8.11. The molecule has 2 nitrogen and oxygen atoms in total. The van der Waals surface area contributed by atoms with E-state index in [1.165, 1.54) is 32.1 Å². The number of aliphatic hydroxyl groups excluding tert-OH is 1. The number of nitrogens with zero attached hydrogens (tertiary/aromatic N) is 1. The summed E-state index contributed by atoms with van der Waals surface area (Å²) in [4.78, 5) is 4.26. The third-order valence-corrected chi connectivity index (χ3v) is 3.28. The van der Waals surface area contributed by atoms with E-state index in [0.29, 0.717) is 6.42 Å². The van der Waals surface area contributed by atoms with Gasteiger partial charge in [-0.25, -0.2) is 0 Å². The molecule has 1 atom stereocenters. The molecule has 0 aromatic carbocycles. The van der Waals surface area contributed by atoms with Crippen LogP contribution in [0.3, 0.4) is 0 Å². The van der Waals surface area contributed by atoms with Gasteiger partial charge in [-0.05, 0) is 18.6 Å². The minimum atomic E-state index is -0.233. The fourth-order valence-electron chi connectivity index (χ4n) is 1.38. The van der Waals surface area contributed by atoms with Crippen molar-refractivity contribution in [3.05, 3.63) is 0 Å². The van der Waals surface area contributed by atoms with Crippen LogP contribution in [0.25, 0.3) is 0 Å². The maximum absolute atomic E-state index is 9.46. The molecule has 0 aromatic heterocycles. The minimum Gasteiger partial charge on any atom is -0.382 e. The summed E-state index contributed by atoms with van der Waals surface area (Å²) >= 11 is 1.66. The molecule has 1 rings (SSSR count). The van der Waals surface area contributed by atoms with Gasteiger partial charge in [0.1, 0.15) is 5.44 Å². The highest BCUT2D eigenvalue weighted by atomic mass is 32.2. The standard InChI is InChI=1S/C10H19NOS/c12-10-6-8-11-7-4-2-1-3-5-9-13-10/h8,10,12H,1-7,9H2/b11-8-. The number of aliphatic imine (C=N–C) groups is 1. The van der Waals surface area contributed by atoms with Crippen LogP contribution in [0.5, 0.6) is 0 Å². The topological polar surface area (TPSA) is 32.6 Å². The summed E-state index contributed by atoms with van der Waals surface area (Å²) in [7, 11) is 0. The Morgan fingerprint density at radius 2 is 1.92 bits per heavy atom. The number of rotatable bonds is 0. The fourth-order valence-corrected chi connectivity index (χ4v) is 2.24. The summed E-state index contributed by atoms with van der Waals surface area (Å²) in [6.45, 7) is 0.942. The fraction of sp³-hybridized carbons (Fsp3) is 0.900. The van der Waals surface area contributed by atoms with Crippen molar-refractivity contribution >= 4 is 18.0 Å². The highest BCUT2D eigenvalue weighted by Crippen LogP contribution is 2.15. The zero-order valence-corrected chi connectivity index (χ0v) is 8.93. The Balaban J connectivity index is 2.22. The van der Waals surface area contributed by atoms with Crippen LogP contribution >= 0.6 is 11.8 Å². The molecule has 0 bridgehead atoms. The van der Waals surface area contributed by atoms with Crippen LogP contribution in [0.4, 0.5) is 0 Å². The van der Waals surface area contributed by atoms with Crippen LogP contribution in [0.2, 0.25) is 0 Å². The molecule has 0 radical (unpaired) electrons. The third-order valence-electron chi connectivity index (χ3n) is 2.18. The van der Waals surface area contributed by atoms with E-state index in [1.54, 1.807) is 11.8 Å². The van der Waals surface area contributed by atoms with E-state index in [2.05, 4.69) is 4.99 Å². The first-order chi connectivity index (χ1) is 6.39. The summed E-state index contributed by atoms with van der Waals surface area (Å²) in [5.74, 6) is 1.09. The van der Waals surface area contributed by atoms with Gasteiger partial charge in [0.15, 0.2) is 0 Å².